The molecular formula is C24H23N3O3S. The van der Waals surface area contributed by atoms with E-state index in [1.807, 2.05) is 64.9 Å². The summed E-state index contributed by atoms with van der Waals surface area (Å²) in [6.45, 7) is 2.47. The number of amides is 3. The molecule has 31 heavy (non-hydrogen) atoms. The number of nitrogens with zero attached hydrogens (tertiary/aromatic N) is 3. The van der Waals surface area contributed by atoms with Crippen molar-refractivity contribution in [2.75, 3.05) is 37.6 Å². The fourth-order valence-corrected chi connectivity index (χ4v) is 5.18. The minimum atomic E-state index is -0.342. The van der Waals surface area contributed by atoms with Crippen LogP contribution in [0, 0.1) is 5.92 Å². The molecule has 6 nitrogen and oxygen atoms in total. The van der Waals surface area contributed by atoms with E-state index in [-0.39, 0.29) is 30.1 Å². The highest BCUT2D eigenvalue weighted by Crippen LogP contribution is 2.32. The van der Waals surface area contributed by atoms with Gasteiger partial charge in [-0.3, -0.25) is 14.4 Å². The zero-order chi connectivity index (χ0) is 21.4. The fourth-order valence-electron chi connectivity index (χ4n) is 4.49. The van der Waals surface area contributed by atoms with Crippen LogP contribution in [0.5, 0.6) is 0 Å². The van der Waals surface area contributed by atoms with Crippen molar-refractivity contribution in [3.8, 4) is 0 Å². The molecule has 3 amide bonds. The largest absolute Gasteiger partial charge is 0.339 e. The molecule has 1 aromatic heterocycles. The van der Waals surface area contributed by atoms with Crippen molar-refractivity contribution in [2.45, 2.75) is 6.42 Å². The first-order valence-corrected chi connectivity index (χ1v) is 11.4. The molecule has 2 aliphatic heterocycles. The smallest absolute Gasteiger partial charge is 0.264 e. The van der Waals surface area contributed by atoms with Crippen molar-refractivity contribution < 1.29 is 14.4 Å². The van der Waals surface area contributed by atoms with Crippen molar-refractivity contribution in [3.05, 3.63) is 64.9 Å². The van der Waals surface area contributed by atoms with Gasteiger partial charge < -0.3 is 14.7 Å². The van der Waals surface area contributed by atoms with Gasteiger partial charge in [-0.25, -0.2) is 0 Å². The van der Waals surface area contributed by atoms with Crippen LogP contribution in [0.3, 0.4) is 0 Å². The Morgan fingerprint density at radius 2 is 1.61 bits per heavy atom. The molecule has 158 valence electrons. The first-order chi connectivity index (χ1) is 15.1. The molecule has 3 heterocycles. The third-order valence-corrected chi connectivity index (χ3v) is 7.00. The summed E-state index contributed by atoms with van der Waals surface area (Å²) in [4.78, 5) is 44.5. The lowest BCUT2D eigenvalue weighted by atomic mass is 10.1. The Kier molecular flexibility index (Phi) is 5.19. The maximum absolute atomic E-state index is 13.1. The number of rotatable bonds is 3. The highest BCUT2D eigenvalue weighted by molar-refractivity contribution is 7.12. The zero-order valence-corrected chi connectivity index (χ0v) is 17.9. The summed E-state index contributed by atoms with van der Waals surface area (Å²) in [5.41, 5.74) is 0.866. The molecule has 0 aliphatic carbocycles. The summed E-state index contributed by atoms with van der Waals surface area (Å²) < 4.78 is 0. The second-order valence-corrected chi connectivity index (χ2v) is 8.95. The predicted molar refractivity (Wildman–Crippen MR) is 121 cm³/mol. The Hall–Kier alpha value is -3.19. The molecule has 1 atom stereocenters. The number of piperazine rings is 1. The topological polar surface area (TPSA) is 60.9 Å². The molecule has 3 aromatic rings. The second-order valence-electron chi connectivity index (χ2n) is 8.00. The van der Waals surface area contributed by atoms with Crippen molar-refractivity contribution in [1.29, 1.82) is 0 Å². The highest BCUT2D eigenvalue weighted by Gasteiger charge is 2.38. The van der Waals surface area contributed by atoms with E-state index in [0.29, 0.717) is 32.7 Å². The van der Waals surface area contributed by atoms with Gasteiger partial charge in [0.15, 0.2) is 0 Å². The van der Waals surface area contributed by atoms with Gasteiger partial charge in [-0.2, -0.15) is 0 Å². The van der Waals surface area contributed by atoms with E-state index in [0.717, 1.165) is 21.3 Å². The normalized spacial score (nSPS) is 19.3. The molecular weight excluding hydrogens is 410 g/mol. The maximum atomic E-state index is 13.1. The maximum Gasteiger partial charge on any atom is 0.264 e. The van der Waals surface area contributed by atoms with Crippen LogP contribution in [0.1, 0.15) is 16.1 Å². The van der Waals surface area contributed by atoms with Gasteiger partial charge in [-0.15, -0.1) is 11.3 Å². The second kappa shape index (κ2) is 8.15. The van der Waals surface area contributed by atoms with Crippen LogP contribution >= 0.6 is 11.3 Å². The Labute approximate surface area is 184 Å². The molecule has 5 rings (SSSR count). The predicted octanol–water partition coefficient (Wildman–Crippen LogP) is 3.24. The lowest BCUT2D eigenvalue weighted by Crippen LogP contribution is -2.52. The van der Waals surface area contributed by atoms with Crippen molar-refractivity contribution in [1.82, 2.24) is 9.80 Å². The van der Waals surface area contributed by atoms with Crippen LogP contribution in [-0.2, 0) is 9.59 Å². The first-order valence-electron chi connectivity index (χ1n) is 10.5. The fraction of sp³-hybridized carbons (Fsp3) is 0.292. The highest BCUT2D eigenvalue weighted by atomic mass is 32.1. The lowest BCUT2D eigenvalue weighted by molar-refractivity contribution is -0.137. The van der Waals surface area contributed by atoms with Gasteiger partial charge in [-0.1, -0.05) is 42.5 Å². The van der Waals surface area contributed by atoms with Gasteiger partial charge in [0.05, 0.1) is 16.5 Å². The molecule has 2 aliphatic rings. The molecule has 1 unspecified atom stereocenters. The molecule has 2 saturated heterocycles. The van der Waals surface area contributed by atoms with Gasteiger partial charge >= 0.3 is 0 Å². The van der Waals surface area contributed by atoms with Crippen molar-refractivity contribution in [2.24, 2.45) is 5.92 Å². The van der Waals surface area contributed by atoms with E-state index in [1.54, 1.807) is 9.80 Å². The molecule has 0 radical (unpaired) electrons. The minimum absolute atomic E-state index is 0.0128. The molecule has 0 spiro atoms. The van der Waals surface area contributed by atoms with Crippen LogP contribution in [0.15, 0.2) is 60.0 Å². The van der Waals surface area contributed by atoms with Crippen LogP contribution < -0.4 is 4.90 Å². The molecule has 2 fully saturated rings. The molecule has 0 bridgehead atoms. The first kappa shape index (κ1) is 19.8. The zero-order valence-electron chi connectivity index (χ0n) is 17.1. The van der Waals surface area contributed by atoms with Gasteiger partial charge in [0.2, 0.25) is 11.8 Å². The lowest BCUT2D eigenvalue weighted by Gasteiger charge is -2.35. The average molecular weight is 434 g/mol. The number of thiophene rings is 1. The van der Waals surface area contributed by atoms with E-state index in [9.17, 15) is 14.4 Å². The number of hydrogen-bond acceptors (Lipinski definition) is 4. The van der Waals surface area contributed by atoms with Crippen molar-refractivity contribution >= 4 is 45.5 Å². The van der Waals surface area contributed by atoms with E-state index < -0.39 is 0 Å². The molecule has 7 heteroatoms. The number of carbonyl (C=O) groups is 3. The van der Waals surface area contributed by atoms with Crippen LogP contribution in [0.4, 0.5) is 5.69 Å². The summed E-state index contributed by atoms with van der Waals surface area (Å²) in [6.07, 6.45) is 0.233. The van der Waals surface area contributed by atoms with Gasteiger partial charge in [-0.05, 0) is 22.9 Å². The molecule has 0 N–H and O–H groups in total. The third-order valence-electron chi connectivity index (χ3n) is 6.14. The van der Waals surface area contributed by atoms with E-state index in [2.05, 4.69) is 0 Å². The van der Waals surface area contributed by atoms with E-state index >= 15 is 0 Å². The van der Waals surface area contributed by atoms with E-state index in [1.165, 1.54) is 11.3 Å². The van der Waals surface area contributed by atoms with Crippen LogP contribution in [0.2, 0.25) is 0 Å². The average Bonchev–Trinajstić information content (AvgIpc) is 3.48. The summed E-state index contributed by atoms with van der Waals surface area (Å²) in [5, 5.41) is 3.99. The standard InChI is InChI=1S/C24H23N3O3S/c28-22-15-18(16-27(22)20-8-3-6-17-5-1-2-7-19(17)20)23(29)25-10-12-26(13-11-25)24(30)21-9-4-14-31-21/h1-9,14,18H,10-13,15-16H2. The minimum Gasteiger partial charge on any atom is -0.339 e. The monoisotopic (exact) mass is 433 g/mol. The van der Waals surface area contributed by atoms with Gasteiger partial charge in [0, 0.05) is 44.5 Å². The number of anilines is 1. The third kappa shape index (κ3) is 3.70. The van der Waals surface area contributed by atoms with Gasteiger partial charge in [0.1, 0.15) is 0 Å². The number of carbonyl (C=O) groups excluding carboxylic acids is 3. The van der Waals surface area contributed by atoms with Crippen molar-refractivity contribution in [3.63, 3.8) is 0 Å². The Bertz CT molecular complexity index is 1130. The number of hydrogen-bond donors (Lipinski definition) is 0. The van der Waals surface area contributed by atoms with Gasteiger partial charge in [0.25, 0.3) is 5.91 Å². The molecule has 0 saturated carbocycles. The summed E-state index contributed by atoms with van der Waals surface area (Å²) >= 11 is 1.44. The summed E-state index contributed by atoms with van der Waals surface area (Å²) in [5.74, 6) is -0.313. The SMILES string of the molecule is O=C(c1cccs1)N1CCN(C(=O)C2CC(=O)N(c3cccc4ccccc34)C2)CC1. The number of fused-ring (bicyclic) bond motifs is 1. The summed E-state index contributed by atoms with van der Waals surface area (Å²) in [6, 6.07) is 17.6. The summed E-state index contributed by atoms with van der Waals surface area (Å²) in [7, 11) is 0. The quantitative estimate of drug-likeness (QED) is 0.637. The molecule has 2 aromatic carbocycles. The van der Waals surface area contributed by atoms with Crippen LogP contribution in [0.25, 0.3) is 10.8 Å². The van der Waals surface area contributed by atoms with Crippen LogP contribution in [-0.4, -0.2) is 60.2 Å². The van der Waals surface area contributed by atoms with E-state index in [4.69, 9.17) is 0 Å². The Morgan fingerprint density at radius 1 is 0.871 bits per heavy atom. The number of benzene rings is 2. The Balaban J connectivity index is 1.25. The Morgan fingerprint density at radius 3 is 2.39 bits per heavy atom.